The van der Waals surface area contributed by atoms with E-state index in [2.05, 4.69) is 47.1 Å². The Bertz CT molecular complexity index is 546. The molecule has 4 heteroatoms. The molecule has 0 amide bonds. The summed E-state index contributed by atoms with van der Waals surface area (Å²) >= 11 is 0. The average molecular weight is 343 g/mol. The van der Waals surface area contributed by atoms with Crippen LogP contribution in [-0.2, 0) is 6.54 Å². The van der Waals surface area contributed by atoms with Crippen LogP contribution in [0.2, 0.25) is 0 Å². The van der Waals surface area contributed by atoms with Crippen molar-refractivity contribution in [2.24, 2.45) is 5.41 Å². The molecule has 3 aliphatic rings. The molecule has 1 spiro atoms. The Morgan fingerprint density at radius 2 is 1.72 bits per heavy atom. The fraction of sp³-hybridized carbons (Fsp3) is 0.762. The molecule has 4 nitrogen and oxygen atoms in total. The maximum Gasteiger partial charge on any atom is 0.128 e. The van der Waals surface area contributed by atoms with E-state index in [0.29, 0.717) is 5.41 Å². The SMILES string of the molecule is CN(C)Cc1ccc(N2CCC3(CC2)CCN(C2CCC2)CC3)nc1. The molecule has 0 bridgehead atoms. The first-order valence-corrected chi connectivity index (χ1v) is 10.2. The van der Waals surface area contributed by atoms with Crippen LogP contribution in [0.25, 0.3) is 0 Å². The Kier molecular flexibility index (Phi) is 5.01. The number of anilines is 1. The lowest BCUT2D eigenvalue weighted by Gasteiger charge is -2.50. The number of piperidine rings is 2. The van der Waals surface area contributed by atoms with Crippen molar-refractivity contribution in [3.05, 3.63) is 23.9 Å². The molecule has 1 aliphatic carbocycles. The van der Waals surface area contributed by atoms with E-state index in [1.807, 2.05) is 0 Å². The first-order chi connectivity index (χ1) is 12.1. The van der Waals surface area contributed by atoms with E-state index >= 15 is 0 Å². The van der Waals surface area contributed by atoms with Crippen molar-refractivity contribution >= 4 is 5.82 Å². The highest BCUT2D eigenvalue weighted by Gasteiger charge is 2.39. The number of nitrogens with zero attached hydrogens (tertiary/aromatic N) is 4. The summed E-state index contributed by atoms with van der Waals surface area (Å²) in [5.41, 5.74) is 1.92. The number of hydrogen-bond acceptors (Lipinski definition) is 4. The summed E-state index contributed by atoms with van der Waals surface area (Å²) in [6, 6.07) is 5.39. The van der Waals surface area contributed by atoms with E-state index in [4.69, 9.17) is 4.98 Å². The van der Waals surface area contributed by atoms with Gasteiger partial charge in [0.25, 0.3) is 0 Å². The van der Waals surface area contributed by atoms with Crippen LogP contribution >= 0.6 is 0 Å². The lowest BCUT2D eigenvalue weighted by Crippen LogP contribution is -2.51. The molecule has 0 N–H and O–H groups in total. The summed E-state index contributed by atoms with van der Waals surface area (Å²) in [6.45, 7) is 6.03. The molecule has 3 heterocycles. The molecule has 25 heavy (non-hydrogen) atoms. The highest BCUT2D eigenvalue weighted by Crippen LogP contribution is 2.43. The molecule has 2 saturated heterocycles. The van der Waals surface area contributed by atoms with Crippen molar-refractivity contribution in [1.29, 1.82) is 0 Å². The van der Waals surface area contributed by atoms with Gasteiger partial charge in [0.15, 0.2) is 0 Å². The third kappa shape index (κ3) is 3.85. The van der Waals surface area contributed by atoms with Gasteiger partial charge in [-0.2, -0.15) is 0 Å². The summed E-state index contributed by atoms with van der Waals surface area (Å²) in [5, 5.41) is 0. The van der Waals surface area contributed by atoms with Gasteiger partial charge in [0, 0.05) is 31.9 Å². The van der Waals surface area contributed by atoms with Crippen LogP contribution in [0.1, 0.15) is 50.5 Å². The van der Waals surface area contributed by atoms with Gasteiger partial charge in [-0.15, -0.1) is 0 Å². The predicted octanol–water partition coefficient (Wildman–Crippen LogP) is 3.38. The lowest BCUT2D eigenvalue weighted by atomic mass is 9.70. The van der Waals surface area contributed by atoms with E-state index in [9.17, 15) is 0 Å². The Labute approximate surface area is 153 Å². The van der Waals surface area contributed by atoms with Crippen LogP contribution in [0.4, 0.5) is 5.82 Å². The molecule has 2 aliphatic heterocycles. The molecule has 0 radical (unpaired) electrons. The van der Waals surface area contributed by atoms with E-state index in [1.54, 1.807) is 0 Å². The van der Waals surface area contributed by atoms with Crippen LogP contribution in [0.3, 0.4) is 0 Å². The lowest BCUT2D eigenvalue weighted by molar-refractivity contribution is 0.0305. The first kappa shape index (κ1) is 17.3. The Hall–Kier alpha value is -1.13. The van der Waals surface area contributed by atoms with Crippen LogP contribution < -0.4 is 4.90 Å². The molecule has 1 aromatic rings. The Balaban J connectivity index is 1.29. The second-order valence-corrected chi connectivity index (χ2v) is 8.87. The summed E-state index contributed by atoms with van der Waals surface area (Å²) in [7, 11) is 4.21. The fourth-order valence-electron chi connectivity index (χ4n) is 4.89. The minimum absolute atomic E-state index is 0.627. The summed E-state index contributed by atoms with van der Waals surface area (Å²) in [6.07, 6.45) is 12.0. The van der Waals surface area contributed by atoms with Gasteiger partial charge in [0.05, 0.1) is 0 Å². The molecule has 1 saturated carbocycles. The van der Waals surface area contributed by atoms with Crippen molar-refractivity contribution in [3.8, 4) is 0 Å². The molecule has 4 rings (SSSR count). The minimum atomic E-state index is 0.627. The van der Waals surface area contributed by atoms with Gasteiger partial charge >= 0.3 is 0 Å². The number of likely N-dealkylation sites (tertiary alicyclic amines) is 1. The van der Waals surface area contributed by atoms with E-state index in [-0.39, 0.29) is 0 Å². The van der Waals surface area contributed by atoms with E-state index < -0.39 is 0 Å². The summed E-state index contributed by atoms with van der Waals surface area (Å²) in [4.78, 5) is 12.2. The quantitative estimate of drug-likeness (QED) is 0.836. The second kappa shape index (κ2) is 7.24. The first-order valence-electron chi connectivity index (χ1n) is 10.2. The van der Waals surface area contributed by atoms with Crippen LogP contribution in [-0.4, -0.2) is 61.1 Å². The third-order valence-corrected chi connectivity index (χ3v) is 6.91. The standard InChI is InChI=1S/C21H34N4/c1-23(2)17-18-6-7-20(22-16-18)25-14-10-21(11-15-25)8-12-24(13-9-21)19-4-3-5-19/h6-7,16,19H,3-5,8-15,17H2,1-2H3. The summed E-state index contributed by atoms with van der Waals surface area (Å²) in [5.74, 6) is 1.17. The summed E-state index contributed by atoms with van der Waals surface area (Å²) < 4.78 is 0. The normalized spacial score (nSPS) is 24.7. The zero-order valence-electron chi connectivity index (χ0n) is 16.1. The zero-order valence-corrected chi connectivity index (χ0v) is 16.1. The number of pyridine rings is 1. The minimum Gasteiger partial charge on any atom is -0.357 e. The van der Waals surface area contributed by atoms with Crippen LogP contribution in [0.5, 0.6) is 0 Å². The van der Waals surface area contributed by atoms with Crippen molar-refractivity contribution < 1.29 is 0 Å². The van der Waals surface area contributed by atoms with Crippen molar-refractivity contribution in [2.75, 3.05) is 45.2 Å². The molecule has 1 aromatic heterocycles. The predicted molar refractivity (Wildman–Crippen MR) is 104 cm³/mol. The molecule has 0 atom stereocenters. The smallest absolute Gasteiger partial charge is 0.128 e. The largest absolute Gasteiger partial charge is 0.357 e. The number of rotatable bonds is 4. The van der Waals surface area contributed by atoms with Crippen molar-refractivity contribution in [2.45, 2.75) is 57.5 Å². The van der Waals surface area contributed by atoms with E-state index in [0.717, 1.165) is 12.6 Å². The number of aromatic nitrogens is 1. The molecule has 0 aromatic carbocycles. The average Bonchev–Trinajstić information content (AvgIpc) is 2.57. The van der Waals surface area contributed by atoms with Crippen LogP contribution in [0, 0.1) is 5.41 Å². The van der Waals surface area contributed by atoms with Gasteiger partial charge in [0.1, 0.15) is 5.82 Å². The van der Waals surface area contributed by atoms with Gasteiger partial charge in [-0.1, -0.05) is 12.5 Å². The van der Waals surface area contributed by atoms with Gasteiger partial charge in [-0.3, -0.25) is 0 Å². The molecular weight excluding hydrogens is 308 g/mol. The van der Waals surface area contributed by atoms with E-state index in [1.165, 1.54) is 82.5 Å². The second-order valence-electron chi connectivity index (χ2n) is 8.87. The Morgan fingerprint density at radius 1 is 1.04 bits per heavy atom. The fourth-order valence-corrected chi connectivity index (χ4v) is 4.89. The van der Waals surface area contributed by atoms with Crippen molar-refractivity contribution in [3.63, 3.8) is 0 Å². The monoisotopic (exact) mass is 342 g/mol. The van der Waals surface area contributed by atoms with Crippen LogP contribution in [0.15, 0.2) is 18.3 Å². The Morgan fingerprint density at radius 3 is 2.24 bits per heavy atom. The number of hydrogen-bond donors (Lipinski definition) is 0. The highest BCUT2D eigenvalue weighted by molar-refractivity contribution is 5.40. The third-order valence-electron chi connectivity index (χ3n) is 6.91. The molecule has 138 valence electrons. The van der Waals surface area contributed by atoms with Crippen molar-refractivity contribution in [1.82, 2.24) is 14.8 Å². The van der Waals surface area contributed by atoms with Gasteiger partial charge < -0.3 is 14.7 Å². The molecule has 0 unspecified atom stereocenters. The van der Waals surface area contributed by atoms with Gasteiger partial charge in [-0.25, -0.2) is 4.98 Å². The van der Waals surface area contributed by atoms with Gasteiger partial charge in [0.2, 0.25) is 0 Å². The molecular formula is C21H34N4. The topological polar surface area (TPSA) is 22.6 Å². The highest BCUT2D eigenvalue weighted by atomic mass is 15.2. The zero-order chi connectivity index (χ0) is 17.3. The maximum atomic E-state index is 4.73. The molecule has 3 fully saturated rings. The maximum absolute atomic E-state index is 4.73. The van der Waals surface area contributed by atoms with Gasteiger partial charge in [-0.05, 0) is 82.8 Å².